The van der Waals surface area contributed by atoms with Gasteiger partial charge in [0.1, 0.15) is 0 Å². The van der Waals surface area contributed by atoms with Crippen LogP contribution in [0.2, 0.25) is 0 Å². The summed E-state index contributed by atoms with van der Waals surface area (Å²) < 4.78 is 0. The summed E-state index contributed by atoms with van der Waals surface area (Å²) in [5.41, 5.74) is 0. The predicted molar refractivity (Wildman–Crippen MR) is 76.5 cm³/mol. The fourth-order valence-corrected chi connectivity index (χ4v) is 3.14. The SMILES string of the molecule is O=C1/C=C\CCCCCCCCCCC[C@@H]2C[C@H]12. The molecule has 0 radical (unpaired) electrons. The largest absolute Gasteiger partial charge is 0.295 e. The Hall–Kier alpha value is -0.590. The summed E-state index contributed by atoms with van der Waals surface area (Å²) in [7, 11) is 0. The predicted octanol–water partition coefficient (Wildman–Crippen LogP) is 5.05. The van der Waals surface area contributed by atoms with E-state index in [0.29, 0.717) is 11.7 Å². The summed E-state index contributed by atoms with van der Waals surface area (Å²) in [5, 5.41) is 0. The molecule has 18 heavy (non-hydrogen) atoms. The van der Waals surface area contributed by atoms with Crippen molar-refractivity contribution in [1.29, 1.82) is 0 Å². The Labute approximate surface area is 112 Å². The van der Waals surface area contributed by atoms with E-state index in [1.165, 1.54) is 70.6 Å². The maximum atomic E-state index is 11.9. The standard InChI is InChI=1S/C17H28O/c18-17-13-11-9-7-5-3-1-2-4-6-8-10-12-15-14-16(15)17/h11,13,15-16H,1-10,12,14H2/b13-11-/t15-,16+/m1/s1. The van der Waals surface area contributed by atoms with Crippen LogP contribution in [0, 0.1) is 11.8 Å². The fourth-order valence-electron chi connectivity index (χ4n) is 3.14. The van der Waals surface area contributed by atoms with E-state index in [4.69, 9.17) is 0 Å². The van der Waals surface area contributed by atoms with Crippen LogP contribution in [0.15, 0.2) is 12.2 Å². The van der Waals surface area contributed by atoms with Crippen LogP contribution in [-0.2, 0) is 4.79 Å². The molecule has 0 aliphatic heterocycles. The van der Waals surface area contributed by atoms with Crippen molar-refractivity contribution in [3.8, 4) is 0 Å². The third-order valence-electron chi connectivity index (χ3n) is 4.52. The normalized spacial score (nSPS) is 33.7. The number of fused-ring (bicyclic) bond motifs is 1. The second kappa shape index (κ2) is 7.76. The van der Waals surface area contributed by atoms with Gasteiger partial charge in [-0.1, -0.05) is 57.4 Å². The molecule has 1 fully saturated rings. The smallest absolute Gasteiger partial charge is 0.158 e. The van der Waals surface area contributed by atoms with Crippen molar-refractivity contribution in [3.63, 3.8) is 0 Å². The molecule has 0 saturated heterocycles. The second-order valence-corrected chi connectivity index (χ2v) is 6.17. The molecule has 0 unspecified atom stereocenters. The summed E-state index contributed by atoms with van der Waals surface area (Å²) >= 11 is 0. The van der Waals surface area contributed by atoms with Gasteiger partial charge >= 0.3 is 0 Å². The van der Waals surface area contributed by atoms with Gasteiger partial charge in [0.15, 0.2) is 5.78 Å². The van der Waals surface area contributed by atoms with E-state index in [1.54, 1.807) is 0 Å². The highest BCUT2D eigenvalue weighted by Gasteiger charge is 2.40. The van der Waals surface area contributed by atoms with Crippen LogP contribution in [0.1, 0.15) is 77.0 Å². The Kier molecular flexibility index (Phi) is 5.96. The zero-order chi connectivity index (χ0) is 12.6. The topological polar surface area (TPSA) is 17.1 Å². The van der Waals surface area contributed by atoms with Gasteiger partial charge in [0.05, 0.1) is 0 Å². The van der Waals surface area contributed by atoms with Crippen molar-refractivity contribution in [1.82, 2.24) is 0 Å². The monoisotopic (exact) mass is 248 g/mol. The molecular formula is C17H28O. The van der Waals surface area contributed by atoms with Crippen molar-refractivity contribution in [2.45, 2.75) is 77.0 Å². The van der Waals surface area contributed by atoms with E-state index < -0.39 is 0 Å². The van der Waals surface area contributed by atoms with Crippen molar-refractivity contribution in [2.24, 2.45) is 11.8 Å². The maximum absolute atomic E-state index is 11.9. The minimum absolute atomic E-state index is 0.397. The Balaban J connectivity index is 1.73. The van der Waals surface area contributed by atoms with Crippen LogP contribution in [0.5, 0.6) is 0 Å². The lowest BCUT2D eigenvalue weighted by molar-refractivity contribution is -0.116. The van der Waals surface area contributed by atoms with Crippen LogP contribution in [-0.4, -0.2) is 5.78 Å². The highest BCUT2D eigenvalue weighted by molar-refractivity contribution is 5.93. The van der Waals surface area contributed by atoms with E-state index in [9.17, 15) is 4.79 Å². The van der Waals surface area contributed by atoms with Gasteiger partial charge in [-0.15, -0.1) is 0 Å². The average Bonchev–Trinajstić information content (AvgIpc) is 3.13. The molecule has 1 saturated carbocycles. The van der Waals surface area contributed by atoms with Crippen LogP contribution in [0.4, 0.5) is 0 Å². The van der Waals surface area contributed by atoms with Crippen LogP contribution >= 0.6 is 0 Å². The van der Waals surface area contributed by atoms with E-state index >= 15 is 0 Å². The molecule has 0 N–H and O–H groups in total. The molecule has 0 heterocycles. The van der Waals surface area contributed by atoms with Gasteiger partial charge in [-0.3, -0.25) is 4.79 Å². The minimum atomic E-state index is 0.397. The van der Waals surface area contributed by atoms with Crippen molar-refractivity contribution in [2.75, 3.05) is 0 Å². The fraction of sp³-hybridized carbons (Fsp3) is 0.824. The molecule has 2 aliphatic rings. The highest BCUT2D eigenvalue weighted by atomic mass is 16.1. The molecule has 0 amide bonds. The van der Waals surface area contributed by atoms with Gasteiger partial charge in [-0.25, -0.2) is 0 Å². The maximum Gasteiger partial charge on any atom is 0.158 e. The molecule has 0 aromatic rings. The second-order valence-electron chi connectivity index (χ2n) is 6.17. The van der Waals surface area contributed by atoms with E-state index in [-0.39, 0.29) is 0 Å². The molecule has 102 valence electrons. The number of rotatable bonds is 0. The molecule has 0 spiro atoms. The lowest BCUT2D eigenvalue weighted by Crippen LogP contribution is -1.98. The van der Waals surface area contributed by atoms with Crippen molar-refractivity contribution >= 4 is 5.78 Å². The van der Waals surface area contributed by atoms with E-state index in [1.807, 2.05) is 6.08 Å². The Morgan fingerprint density at radius 3 is 2.17 bits per heavy atom. The third-order valence-corrected chi connectivity index (χ3v) is 4.52. The van der Waals surface area contributed by atoms with Crippen LogP contribution < -0.4 is 0 Å². The first-order valence-corrected chi connectivity index (χ1v) is 8.08. The molecule has 2 rings (SSSR count). The van der Waals surface area contributed by atoms with E-state index in [2.05, 4.69) is 6.08 Å². The first-order chi connectivity index (χ1) is 8.88. The summed E-state index contributed by atoms with van der Waals surface area (Å²) in [6.45, 7) is 0. The Bertz CT molecular complexity index is 279. The van der Waals surface area contributed by atoms with Gasteiger partial charge in [-0.2, -0.15) is 0 Å². The van der Waals surface area contributed by atoms with Gasteiger partial charge < -0.3 is 0 Å². The zero-order valence-electron chi connectivity index (χ0n) is 11.7. The molecule has 2 aliphatic carbocycles. The lowest BCUT2D eigenvalue weighted by atomic mass is 10.0. The molecule has 1 nitrogen and oxygen atoms in total. The quantitative estimate of drug-likeness (QED) is 0.586. The molecule has 1 heteroatoms. The first kappa shape index (κ1) is 13.8. The van der Waals surface area contributed by atoms with Crippen LogP contribution in [0.3, 0.4) is 0 Å². The van der Waals surface area contributed by atoms with E-state index in [0.717, 1.165) is 12.3 Å². The molecule has 0 bridgehead atoms. The summed E-state index contributed by atoms with van der Waals surface area (Å²) in [6, 6.07) is 0. The van der Waals surface area contributed by atoms with Crippen LogP contribution in [0.25, 0.3) is 0 Å². The first-order valence-electron chi connectivity index (χ1n) is 8.08. The summed E-state index contributed by atoms with van der Waals surface area (Å²) in [6.07, 6.45) is 19.9. The highest BCUT2D eigenvalue weighted by Crippen LogP contribution is 2.43. The summed E-state index contributed by atoms with van der Waals surface area (Å²) in [4.78, 5) is 11.9. The van der Waals surface area contributed by atoms with Crippen molar-refractivity contribution in [3.05, 3.63) is 12.2 Å². The van der Waals surface area contributed by atoms with Gasteiger partial charge in [0, 0.05) is 5.92 Å². The van der Waals surface area contributed by atoms with Gasteiger partial charge in [-0.05, 0) is 37.7 Å². The molecule has 2 atom stereocenters. The number of carbonyl (C=O) groups is 1. The van der Waals surface area contributed by atoms with Crippen molar-refractivity contribution < 1.29 is 4.79 Å². The molecular weight excluding hydrogens is 220 g/mol. The third kappa shape index (κ3) is 4.96. The Morgan fingerprint density at radius 2 is 1.44 bits per heavy atom. The zero-order valence-corrected chi connectivity index (χ0v) is 11.7. The average molecular weight is 248 g/mol. The lowest BCUT2D eigenvalue weighted by Gasteiger charge is -2.03. The number of carbonyl (C=O) groups excluding carboxylic acids is 1. The number of hydrogen-bond donors (Lipinski definition) is 0. The number of allylic oxidation sites excluding steroid dienone is 2. The Morgan fingerprint density at radius 1 is 0.833 bits per heavy atom. The number of hydrogen-bond acceptors (Lipinski definition) is 1. The molecule has 0 aromatic carbocycles. The van der Waals surface area contributed by atoms with Gasteiger partial charge in [0.25, 0.3) is 0 Å². The molecule has 0 aromatic heterocycles. The summed E-state index contributed by atoms with van der Waals surface area (Å²) in [5.74, 6) is 1.54. The number of ketones is 1. The minimum Gasteiger partial charge on any atom is -0.295 e. The van der Waals surface area contributed by atoms with Gasteiger partial charge in [0.2, 0.25) is 0 Å².